The van der Waals surface area contributed by atoms with Crippen LogP contribution in [0.1, 0.15) is 15.9 Å². The molecule has 0 spiro atoms. The number of carbonyl (C=O) groups excluding carboxylic acids is 5. The third kappa shape index (κ3) is 2.84. The molecule has 0 aliphatic carbocycles. The van der Waals surface area contributed by atoms with Crippen LogP contribution in [0, 0.1) is 0 Å². The molecule has 0 N–H and O–H groups in total. The minimum atomic E-state index is -0.430. The van der Waals surface area contributed by atoms with E-state index >= 15 is 0 Å². The van der Waals surface area contributed by atoms with Crippen LogP contribution >= 0.6 is 0 Å². The third-order valence-corrected chi connectivity index (χ3v) is 4.39. The number of hydrogen-bond acceptors (Lipinski definition) is 5. The van der Waals surface area contributed by atoms with Gasteiger partial charge in [-0.2, -0.15) is 0 Å². The fourth-order valence-corrected chi connectivity index (χ4v) is 3.00. The Kier molecular flexibility index (Phi) is 4.04. The average Bonchev–Trinajstić information content (AvgIpc) is 3.22. The van der Waals surface area contributed by atoms with Crippen molar-refractivity contribution in [3.8, 4) is 0 Å². The van der Waals surface area contributed by atoms with Crippen LogP contribution < -0.4 is 9.80 Å². The Morgan fingerprint density at radius 3 is 1.07 bits per heavy atom. The van der Waals surface area contributed by atoms with E-state index in [1.165, 1.54) is 72.8 Å². The first-order chi connectivity index (χ1) is 13.5. The van der Waals surface area contributed by atoms with E-state index in [2.05, 4.69) is 0 Å². The van der Waals surface area contributed by atoms with Gasteiger partial charge in [-0.1, -0.05) is 0 Å². The first-order valence-electron chi connectivity index (χ1n) is 8.33. The Morgan fingerprint density at radius 2 is 0.786 bits per heavy atom. The summed E-state index contributed by atoms with van der Waals surface area (Å²) < 4.78 is 0. The number of imide groups is 2. The molecule has 2 heterocycles. The van der Waals surface area contributed by atoms with Gasteiger partial charge in [0.15, 0.2) is 5.78 Å². The van der Waals surface area contributed by atoms with Gasteiger partial charge in [0.2, 0.25) is 0 Å². The fourth-order valence-electron chi connectivity index (χ4n) is 3.00. The molecule has 0 saturated carbocycles. The Hall–Kier alpha value is -4.13. The summed E-state index contributed by atoms with van der Waals surface area (Å²) in [4.78, 5) is 61.5. The van der Waals surface area contributed by atoms with E-state index < -0.39 is 23.6 Å². The number of ketones is 1. The summed E-state index contributed by atoms with van der Waals surface area (Å²) in [6.07, 6.45) is 4.76. The zero-order valence-electron chi connectivity index (χ0n) is 14.4. The fraction of sp³-hybridized carbons (Fsp3) is 0. The van der Waals surface area contributed by atoms with Gasteiger partial charge in [0.25, 0.3) is 23.6 Å². The first-order valence-corrected chi connectivity index (χ1v) is 8.33. The molecule has 2 aromatic carbocycles. The standard InChI is InChI=1S/C21H12N2O5/c24-17-9-10-18(25)22(17)15-5-1-13(2-6-15)21(28)14-3-7-16(8-4-14)23-19(26)11-12-20(23)27/h1-12H. The van der Waals surface area contributed by atoms with Crippen molar-refractivity contribution < 1.29 is 24.0 Å². The van der Waals surface area contributed by atoms with E-state index in [0.717, 1.165) is 9.80 Å². The Labute approximate surface area is 159 Å². The predicted molar refractivity (Wildman–Crippen MR) is 99.6 cm³/mol. The Morgan fingerprint density at radius 1 is 0.500 bits per heavy atom. The first kappa shape index (κ1) is 17.3. The highest BCUT2D eigenvalue weighted by Crippen LogP contribution is 2.23. The minimum absolute atomic E-state index is 0.271. The van der Waals surface area contributed by atoms with Gasteiger partial charge in [0.05, 0.1) is 11.4 Å². The number of nitrogens with zero attached hydrogens (tertiary/aromatic N) is 2. The lowest BCUT2D eigenvalue weighted by atomic mass is 10.0. The molecule has 136 valence electrons. The summed E-state index contributed by atoms with van der Waals surface area (Å²) in [6.45, 7) is 0. The van der Waals surface area contributed by atoms with E-state index in [9.17, 15) is 24.0 Å². The van der Waals surface area contributed by atoms with Crippen molar-refractivity contribution in [3.05, 3.63) is 84.0 Å². The number of anilines is 2. The zero-order valence-corrected chi connectivity index (χ0v) is 14.4. The van der Waals surface area contributed by atoms with Crippen LogP contribution in [0.2, 0.25) is 0 Å². The zero-order chi connectivity index (χ0) is 19.8. The molecule has 7 nitrogen and oxygen atoms in total. The molecule has 0 saturated heterocycles. The largest absolute Gasteiger partial charge is 0.289 e. The Bertz CT molecular complexity index is 971. The van der Waals surface area contributed by atoms with Gasteiger partial charge in [-0.15, -0.1) is 0 Å². The molecule has 0 fully saturated rings. The molecule has 4 amide bonds. The number of benzene rings is 2. The molecule has 4 rings (SSSR count). The second kappa shape index (κ2) is 6.55. The molecule has 2 aliphatic heterocycles. The molecule has 0 aromatic heterocycles. The van der Waals surface area contributed by atoms with E-state index in [4.69, 9.17) is 0 Å². The van der Waals surface area contributed by atoms with Gasteiger partial charge < -0.3 is 0 Å². The molecule has 0 unspecified atom stereocenters. The van der Waals surface area contributed by atoms with Crippen LogP contribution in [-0.2, 0) is 19.2 Å². The molecule has 0 bridgehead atoms. The minimum Gasteiger partial charge on any atom is -0.289 e. The van der Waals surface area contributed by atoms with Crippen molar-refractivity contribution in [2.24, 2.45) is 0 Å². The summed E-state index contributed by atoms with van der Waals surface area (Å²) in [7, 11) is 0. The summed E-state index contributed by atoms with van der Waals surface area (Å²) in [6, 6.07) is 12.2. The van der Waals surface area contributed by atoms with Crippen LogP contribution in [0.3, 0.4) is 0 Å². The lowest BCUT2D eigenvalue weighted by Crippen LogP contribution is -2.29. The molecule has 0 atom stereocenters. The molecule has 2 aromatic rings. The lowest BCUT2D eigenvalue weighted by molar-refractivity contribution is -0.121. The SMILES string of the molecule is O=C(c1ccc(N2C(=O)C=CC2=O)cc1)c1ccc(N2C(=O)C=CC2=O)cc1. The van der Waals surface area contributed by atoms with Crippen LogP contribution in [0.5, 0.6) is 0 Å². The van der Waals surface area contributed by atoms with Crippen molar-refractivity contribution in [3.63, 3.8) is 0 Å². The van der Waals surface area contributed by atoms with Crippen LogP contribution in [0.4, 0.5) is 11.4 Å². The quantitative estimate of drug-likeness (QED) is 0.603. The lowest BCUT2D eigenvalue weighted by Gasteiger charge is -2.15. The van der Waals surface area contributed by atoms with E-state index in [1.807, 2.05) is 0 Å². The van der Waals surface area contributed by atoms with E-state index in [0.29, 0.717) is 22.5 Å². The molecule has 7 heteroatoms. The van der Waals surface area contributed by atoms with Crippen LogP contribution in [0.15, 0.2) is 72.8 Å². The predicted octanol–water partition coefficient (Wildman–Crippen LogP) is 1.78. The highest BCUT2D eigenvalue weighted by atomic mass is 16.2. The van der Waals surface area contributed by atoms with Crippen molar-refractivity contribution in [1.82, 2.24) is 0 Å². The molecule has 0 radical (unpaired) electrons. The Balaban J connectivity index is 1.53. The van der Waals surface area contributed by atoms with Crippen molar-refractivity contribution in [1.29, 1.82) is 0 Å². The molecular formula is C21H12N2O5. The highest BCUT2D eigenvalue weighted by molar-refractivity contribution is 6.29. The van der Waals surface area contributed by atoms with Crippen molar-refractivity contribution >= 4 is 40.8 Å². The second-order valence-corrected chi connectivity index (χ2v) is 6.11. The molecule has 2 aliphatic rings. The normalized spacial score (nSPS) is 15.9. The summed E-state index contributed by atoms with van der Waals surface area (Å²) >= 11 is 0. The third-order valence-electron chi connectivity index (χ3n) is 4.39. The van der Waals surface area contributed by atoms with Crippen molar-refractivity contribution in [2.75, 3.05) is 9.80 Å². The van der Waals surface area contributed by atoms with Crippen LogP contribution in [0.25, 0.3) is 0 Å². The number of hydrogen-bond donors (Lipinski definition) is 0. The van der Waals surface area contributed by atoms with Crippen molar-refractivity contribution in [2.45, 2.75) is 0 Å². The van der Waals surface area contributed by atoms with Gasteiger partial charge >= 0.3 is 0 Å². The summed E-state index contributed by atoms with van der Waals surface area (Å²) in [5.41, 5.74) is 1.51. The van der Waals surface area contributed by atoms with E-state index in [1.54, 1.807) is 0 Å². The van der Waals surface area contributed by atoms with Gasteiger partial charge in [0, 0.05) is 35.4 Å². The average molecular weight is 372 g/mol. The summed E-state index contributed by atoms with van der Waals surface area (Å²) in [5.74, 6) is -1.99. The topological polar surface area (TPSA) is 91.8 Å². The maximum atomic E-state index is 12.6. The summed E-state index contributed by atoms with van der Waals surface area (Å²) in [5, 5.41) is 0. The van der Waals surface area contributed by atoms with Gasteiger partial charge in [-0.05, 0) is 48.5 Å². The number of carbonyl (C=O) groups is 5. The molecule has 28 heavy (non-hydrogen) atoms. The number of rotatable bonds is 4. The van der Waals surface area contributed by atoms with E-state index in [-0.39, 0.29) is 5.78 Å². The highest BCUT2D eigenvalue weighted by Gasteiger charge is 2.26. The second-order valence-electron chi connectivity index (χ2n) is 6.11. The maximum Gasteiger partial charge on any atom is 0.258 e. The van der Waals surface area contributed by atoms with Gasteiger partial charge in [-0.25, -0.2) is 9.80 Å². The van der Waals surface area contributed by atoms with Crippen LogP contribution in [-0.4, -0.2) is 29.4 Å². The maximum absolute atomic E-state index is 12.6. The van der Waals surface area contributed by atoms with Gasteiger partial charge in [-0.3, -0.25) is 24.0 Å². The number of amides is 4. The molecular weight excluding hydrogens is 360 g/mol. The smallest absolute Gasteiger partial charge is 0.258 e. The van der Waals surface area contributed by atoms with Gasteiger partial charge in [0.1, 0.15) is 0 Å². The monoisotopic (exact) mass is 372 g/mol.